The van der Waals surface area contributed by atoms with E-state index >= 15 is 0 Å². The van der Waals surface area contributed by atoms with Gasteiger partial charge in [0.05, 0.1) is 24.1 Å². The molecule has 4 rings (SSSR count). The number of rotatable bonds is 2. The summed E-state index contributed by atoms with van der Waals surface area (Å²) in [6.07, 6.45) is -1.09. The molecular weight excluding hydrogens is 400 g/mol. The van der Waals surface area contributed by atoms with Gasteiger partial charge >= 0.3 is 0 Å². The first-order valence-corrected chi connectivity index (χ1v) is 10.5. The summed E-state index contributed by atoms with van der Waals surface area (Å²) in [4.78, 5) is 0. The molecule has 2 heterocycles. The predicted octanol–water partition coefficient (Wildman–Crippen LogP) is 5.10. The highest BCUT2D eigenvalue weighted by Gasteiger charge is 2.79. The lowest BCUT2D eigenvalue weighted by atomic mass is 9.53. The summed E-state index contributed by atoms with van der Waals surface area (Å²) in [7, 11) is 0. The molecule has 2 bridgehead atoms. The number of nitriles is 3. The first kappa shape index (κ1) is 21.6. The number of nitrogens with zero attached hydrogens (tertiary/aromatic N) is 3. The summed E-state index contributed by atoms with van der Waals surface area (Å²) in [5.41, 5.74) is -1.52. The van der Waals surface area contributed by atoms with Crippen LogP contribution in [0.2, 0.25) is 0 Å². The van der Waals surface area contributed by atoms with Gasteiger partial charge in [-0.25, -0.2) is 0 Å². The Morgan fingerprint density at radius 2 is 1.50 bits per heavy atom. The van der Waals surface area contributed by atoms with Crippen molar-refractivity contribution in [3.63, 3.8) is 0 Å². The average Bonchev–Trinajstić information content (AvgIpc) is 2.95. The first-order valence-electron chi connectivity index (χ1n) is 10.5. The normalized spacial score (nSPS) is 30.5. The maximum atomic E-state index is 10.4. The molecule has 2 fully saturated rings. The standard InChI is InChI=1S/C26H24N4O2/c1-17-25(16-29)22(30)32-26(17,20-8-6-5-7-9-20)31-21(24(25,14-27)15-28)18-10-12-19(13-11-18)23(2,3)4/h5-13,17,21,30H,1-4H3. The molecule has 32 heavy (non-hydrogen) atoms. The van der Waals surface area contributed by atoms with Crippen LogP contribution >= 0.6 is 0 Å². The largest absolute Gasteiger partial charge is 0.443 e. The van der Waals surface area contributed by atoms with Crippen LogP contribution in [0, 0.1) is 56.2 Å². The molecule has 4 atom stereocenters. The van der Waals surface area contributed by atoms with E-state index in [4.69, 9.17) is 14.9 Å². The molecule has 2 aromatic rings. The highest BCUT2D eigenvalue weighted by molar-refractivity contribution is 5.89. The Kier molecular flexibility index (Phi) is 4.67. The molecule has 6 heteroatoms. The van der Waals surface area contributed by atoms with Crippen LogP contribution in [-0.4, -0.2) is 5.90 Å². The molecule has 0 saturated carbocycles. The van der Waals surface area contributed by atoms with Crippen molar-refractivity contribution in [3.8, 4) is 18.2 Å². The maximum absolute atomic E-state index is 10.4. The second-order valence-corrected chi connectivity index (χ2v) is 9.51. The molecular formula is C26H24N4O2. The molecule has 160 valence electrons. The van der Waals surface area contributed by atoms with Gasteiger partial charge in [0.2, 0.25) is 17.1 Å². The molecule has 0 aromatic heterocycles. The van der Waals surface area contributed by atoms with Crippen molar-refractivity contribution in [3.05, 3.63) is 71.3 Å². The van der Waals surface area contributed by atoms with Gasteiger partial charge in [-0.3, -0.25) is 5.41 Å². The molecule has 0 aliphatic carbocycles. The third-order valence-corrected chi connectivity index (χ3v) is 6.92. The van der Waals surface area contributed by atoms with E-state index in [1.165, 1.54) is 0 Å². The summed E-state index contributed by atoms with van der Waals surface area (Å²) in [5.74, 6) is -2.63. The van der Waals surface area contributed by atoms with Crippen LogP contribution in [0.4, 0.5) is 0 Å². The molecule has 4 unspecified atom stereocenters. The van der Waals surface area contributed by atoms with Crippen molar-refractivity contribution >= 4 is 5.90 Å². The molecule has 2 aliphatic heterocycles. The topological polar surface area (TPSA) is 114 Å². The van der Waals surface area contributed by atoms with E-state index in [1.54, 1.807) is 6.92 Å². The van der Waals surface area contributed by atoms with Crippen molar-refractivity contribution < 1.29 is 9.47 Å². The van der Waals surface area contributed by atoms with Gasteiger partial charge in [0.15, 0.2) is 5.41 Å². The Bertz CT molecular complexity index is 1180. The third-order valence-electron chi connectivity index (χ3n) is 6.92. The fourth-order valence-corrected chi connectivity index (χ4v) is 5.00. The van der Waals surface area contributed by atoms with Crippen LogP contribution in [0.25, 0.3) is 0 Å². The second kappa shape index (κ2) is 6.92. The summed E-state index contributed by atoms with van der Waals surface area (Å²) >= 11 is 0. The van der Waals surface area contributed by atoms with Gasteiger partial charge in [-0.2, -0.15) is 15.8 Å². The van der Waals surface area contributed by atoms with E-state index < -0.39 is 34.5 Å². The van der Waals surface area contributed by atoms with Crippen molar-refractivity contribution in [2.24, 2.45) is 16.7 Å². The fraction of sp³-hybridized carbons (Fsp3) is 0.385. The molecule has 0 spiro atoms. The first-order chi connectivity index (χ1) is 15.1. The van der Waals surface area contributed by atoms with Gasteiger partial charge in [0.25, 0.3) is 0 Å². The summed E-state index contributed by atoms with van der Waals surface area (Å²) in [5, 5.41) is 39.6. The number of hydrogen-bond acceptors (Lipinski definition) is 6. The Labute approximate surface area is 188 Å². The van der Waals surface area contributed by atoms with Gasteiger partial charge < -0.3 is 9.47 Å². The highest BCUT2D eigenvalue weighted by atomic mass is 16.7. The molecule has 0 radical (unpaired) electrons. The molecule has 1 N–H and O–H groups in total. The lowest BCUT2D eigenvalue weighted by Crippen LogP contribution is -2.57. The van der Waals surface area contributed by atoms with E-state index in [-0.39, 0.29) is 5.41 Å². The van der Waals surface area contributed by atoms with Crippen LogP contribution in [0.15, 0.2) is 54.6 Å². The Morgan fingerprint density at radius 1 is 0.906 bits per heavy atom. The van der Waals surface area contributed by atoms with Gasteiger partial charge in [-0.15, -0.1) is 0 Å². The molecule has 2 aliphatic rings. The van der Waals surface area contributed by atoms with Crippen molar-refractivity contribution in [2.45, 2.75) is 45.0 Å². The maximum Gasteiger partial charge on any atom is 0.244 e. The Hall–Kier alpha value is -3.66. The van der Waals surface area contributed by atoms with Crippen molar-refractivity contribution in [2.75, 3.05) is 0 Å². The number of nitrogens with one attached hydrogen (secondary N) is 1. The van der Waals surface area contributed by atoms with Crippen LogP contribution < -0.4 is 0 Å². The lowest BCUT2D eigenvalue weighted by Gasteiger charge is -2.48. The number of hydrogen-bond donors (Lipinski definition) is 1. The van der Waals surface area contributed by atoms with Gasteiger partial charge in [-0.05, 0) is 16.5 Å². The quantitative estimate of drug-likeness (QED) is 0.721. The number of ether oxygens (including phenoxy) is 2. The lowest BCUT2D eigenvalue weighted by molar-refractivity contribution is -0.288. The number of fused-ring (bicyclic) bond motifs is 2. The minimum atomic E-state index is -1.96. The SMILES string of the molecule is CC1C2(c3ccccc3)OC(=N)C1(C#N)C(C#N)(C#N)C(c1ccc(C(C)(C)C)cc1)O2. The van der Waals surface area contributed by atoms with Crippen LogP contribution in [0.1, 0.15) is 50.5 Å². The number of benzene rings is 2. The molecule has 2 saturated heterocycles. The van der Waals surface area contributed by atoms with Crippen LogP contribution in [0.3, 0.4) is 0 Å². The zero-order chi connectivity index (χ0) is 23.4. The van der Waals surface area contributed by atoms with E-state index in [1.807, 2.05) is 54.6 Å². The monoisotopic (exact) mass is 424 g/mol. The van der Waals surface area contributed by atoms with Crippen molar-refractivity contribution in [1.82, 2.24) is 0 Å². The summed E-state index contributed by atoms with van der Waals surface area (Å²) in [6, 6.07) is 23.0. The Morgan fingerprint density at radius 3 is 2.00 bits per heavy atom. The minimum absolute atomic E-state index is 0.0780. The Balaban J connectivity index is 1.98. The minimum Gasteiger partial charge on any atom is -0.443 e. The zero-order valence-corrected chi connectivity index (χ0v) is 18.5. The van der Waals surface area contributed by atoms with E-state index in [2.05, 4.69) is 39.0 Å². The van der Waals surface area contributed by atoms with Crippen LogP contribution in [-0.2, 0) is 20.7 Å². The zero-order valence-electron chi connectivity index (χ0n) is 18.5. The fourth-order valence-electron chi connectivity index (χ4n) is 5.00. The van der Waals surface area contributed by atoms with Crippen LogP contribution in [0.5, 0.6) is 0 Å². The van der Waals surface area contributed by atoms with Gasteiger partial charge in [0.1, 0.15) is 6.10 Å². The van der Waals surface area contributed by atoms with Crippen molar-refractivity contribution in [1.29, 1.82) is 21.2 Å². The highest BCUT2D eigenvalue weighted by Crippen LogP contribution is 2.68. The summed E-state index contributed by atoms with van der Waals surface area (Å²) < 4.78 is 12.5. The molecule has 6 nitrogen and oxygen atoms in total. The van der Waals surface area contributed by atoms with Gasteiger partial charge in [0, 0.05) is 5.56 Å². The third kappa shape index (κ3) is 2.49. The average molecular weight is 425 g/mol. The van der Waals surface area contributed by atoms with E-state index in [9.17, 15) is 15.8 Å². The van der Waals surface area contributed by atoms with Gasteiger partial charge in [-0.1, -0.05) is 82.3 Å². The smallest absolute Gasteiger partial charge is 0.244 e. The summed E-state index contributed by atoms with van der Waals surface area (Å²) in [6.45, 7) is 8.00. The molecule has 2 aromatic carbocycles. The molecule has 0 amide bonds. The van der Waals surface area contributed by atoms with E-state index in [0.717, 1.165) is 5.56 Å². The predicted molar refractivity (Wildman–Crippen MR) is 117 cm³/mol. The second-order valence-electron chi connectivity index (χ2n) is 9.51. The van der Waals surface area contributed by atoms with E-state index in [0.29, 0.717) is 11.1 Å².